The molecule has 122 valence electrons. The normalized spacial score (nSPS) is 14.2. The van der Waals surface area contributed by atoms with Crippen LogP contribution in [0.4, 0.5) is 24.5 Å². The molecule has 1 unspecified atom stereocenters. The van der Waals surface area contributed by atoms with E-state index in [0.717, 1.165) is 6.20 Å². The van der Waals surface area contributed by atoms with E-state index >= 15 is 0 Å². The topological polar surface area (TPSA) is 69.0 Å². The Bertz CT molecular complexity index is 727. The molecule has 0 fully saturated rings. The first kappa shape index (κ1) is 17.0. The van der Waals surface area contributed by atoms with Crippen molar-refractivity contribution in [1.82, 2.24) is 4.98 Å². The van der Waals surface area contributed by atoms with Gasteiger partial charge in [0.15, 0.2) is 5.60 Å². The minimum Gasteiger partial charge on any atom is -0.376 e. The zero-order chi connectivity index (χ0) is 17.3. The third-order valence-electron chi connectivity index (χ3n) is 3.46. The number of aromatic nitrogens is 1. The molecular weight excluding hydrogens is 307 g/mol. The molecule has 0 aliphatic rings. The fourth-order valence-corrected chi connectivity index (χ4v) is 2.01. The van der Waals surface area contributed by atoms with Gasteiger partial charge in [0.1, 0.15) is 0 Å². The van der Waals surface area contributed by atoms with Gasteiger partial charge in [0.25, 0.3) is 0 Å². The second kappa shape index (κ2) is 6.00. The maximum Gasteiger partial charge on any atom is 0.421 e. The molecule has 2 aromatic rings. The molecule has 0 aliphatic heterocycles. The maximum absolute atomic E-state index is 12.9. The molecule has 1 heterocycles. The number of rotatable bonds is 4. The van der Waals surface area contributed by atoms with Gasteiger partial charge in [0.05, 0.1) is 11.9 Å². The van der Waals surface area contributed by atoms with E-state index in [4.69, 9.17) is 5.41 Å². The summed E-state index contributed by atoms with van der Waals surface area (Å²) in [7, 11) is 0. The first-order chi connectivity index (χ1) is 10.6. The second-order valence-corrected chi connectivity index (χ2v) is 5.33. The highest BCUT2D eigenvalue weighted by Gasteiger charge is 2.51. The monoisotopic (exact) mass is 323 g/mol. The van der Waals surface area contributed by atoms with Gasteiger partial charge in [-0.25, -0.2) is 0 Å². The number of aliphatic hydroxyl groups is 1. The van der Waals surface area contributed by atoms with Crippen LogP contribution in [-0.2, 0) is 5.60 Å². The quantitative estimate of drug-likeness (QED) is 0.745. The molecule has 23 heavy (non-hydrogen) atoms. The van der Waals surface area contributed by atoms with E-state index in [1.54, 1.807) is 31.2 Å². The highest BCUT2D eigenvalue weighted by Crippen LogP contribution is 2.39. The lowest BCUT2D eigenvalue weighted by atomic mass is 9.97. The van der Waals surface area contributed by atoms with Gasteiger partial charge in [-0.2, -0.15) is 13.2 Å². The summed E-state index contributed by atoms with van der Waals surface area (Å²) in [6, 6.07) is 8.14. The van der Waals surface area contributed by atoms with Gasteiger partial charge in [-0.3, -0.25) is 4.98 Å². The third-order valence-corrected chi connectivity index (χ3v) is 3.46. The van der Waals surface area contributed by atoms with Crippen LogP contribution >= 0.6 is 0 Å². The number of halogens is 3. The van der Waals surface area contributed by atoms with E-state index in [0.29, 0.717) is 29.6 Å². The first-order valence-electron chi connectivity index (χ1n) is 6.79. The average Bonchev–Trinajstić information content (AvgIpc) is 2.46. The summed E-state index contributed by atoms with van der Waals surface area (Å²) in [5.74, 6) is 0. The molecule has 0 bridgehead atoms. The predicted molar refractivity (Wildman–Crippen MR) is 82.1 cm³/mol. The van der Waals surface area contributed by atoms with Crippen molar-refractivity contribution in [2.45, 2.75) is 25.6 Å². The third kappa shape index (κ3) is 3.50. The van der Waals surface area contributed by atoms with Crippen molar-refractivity contribution in [1.29, 1.82) is 5.41 Å². The molecule has 7 heteroatoms. The molecule has 1 atom stereocenters. The number of pyridine rings is 1. The fourth-order valence-electron chi connectivity index (χ4n) is 2.01. The lowest BCUT2D eigenvalue weighted by Crippen LogP contribution is -2.39. The van der Waals surface area contributed by atoms with Gasteiger partial charge in [-0.15, -0.1) is 0 Å². The van der Waals surface area contributed by atoms with Crippen LogP contribution in [0.2, 0.25) is 0 Å². The van der Waals surface area contributed by atoms with E-state index in [1.807, 2.05) is 0 Å². The average molecular weight is 323 g/mol. The Labute approximate surface area is 131 Å². The largest absolute Gasteiger partial charge is 0.421 e. The number of para-hydroxylation sites is 1. The minimum atomic E-state index is -4.81. The van der Waals surface area contributed by atoms with Gasteiger partial charge in [0.2, 0.25) is 0 Å². The summed E-state index contributed by atoms with van der Waals surface area (Å²) in [6.45, 7) is 2.30. The number of anilines is 2. The number of nitrogens with one attached hydrogen (secondary N) is 2. The first-order valence-corrected chi connectivity index (χ1v) is 6.79. The van der Waals surface area contributed by atoms with Crippen molar-refractivity contribution in [3.05, 3.63) is 53.9 Å². The Kier molecular flexibility index (Phi) is 4.42. The van der Waals surface area contributed by atoms with Crippen molar-refractivity contribution in [3.63, 3.8) is 0 Å². The minimum absolute atomic E-state index is 0.292. The molecule has 2 rings (SSSR count). The Morgan fingerprint density at radius 1 is 1.22 bits per heavy atom. The lowest BCUT2D eigenvalue weighted by molar-refractivity contribution is -0.258. The Hall–Kier alpha value is -2.41. The van der Waals surface area contributed by atoms with Gasteiger partial charge < -0.3 is 15.8 Å². The highest BCUT2D eigenvalue weighted by molar-refractivity contribution is 6.01. The summed E-state index contributed by atoms with van der Waals surface area (Å²) in [6.07, 6.45) is -2.48. The predicted octanol–water partition coefficient (Wildman–Crippen LogP) is 3.98. The fraction of sp³-hybridized carbons (Fsp3) is 0.250. The van der Waals surface area contributed by atoms with Gasteiger partial charge in [-0.1, -0.05) is 18.2 Å². The van der Waals surface area contributed by atoms with Crippen LogP contribution in [0.25, 0.3) is 0 Å². The standard InChI is InChI=1S/C16H16F3N3O/c1-10(20)13-5-3-4-6-14(13)22-12-7-11(8-21-9-12)15(2,23)16(17,18)19/h3-9,20,22-23H,1-2H3. The van der Waals surface area contributed by atoms with Gasteiger partial charge in [-0.05, 0) is 26.0 Å². The van der Waals surface area contributed by atoms with Crippen molar-refractivity contribution >= 4 is 17.1 Å². The van der Waals surface area contributed by atoms with Crippen LogP contribution in [0.1, 0.15) is 25.0 Å². The van der Waals surface area contributed by atoms with E-state index in [1.165, 1.54) is 12.3 Å². The number of hydrogen-bond donors (Lipinski definition) is 3. The van der Waals surface area contributed by atoms with Crippen molar-refractivity contribution in [3.8, 4) is 0 Å². The summed E-state index contributed by atoms with van der Waals surface area (Å²) < 4.78 is 38.8. The second-order valence-electron chi connectivity index (χ2n) is 5.33. The van der Waals surface area contributed by atoms with E-state index in [2.05, 4.69) is 10.3 Å². The van der Waals surface area contributed by atoms with Crippen LogP contribution in [-0.4, -0.2) is 22.0 Å². The van der Waals surface area contributed by atoms with Crippen LogP contribution in [0.15, 0.2) is 42.7 Å². The van der Waals surface area contributed by atoms with E-state index < -0.39 is 11.8 Å². The molecule has 0 spiro atoms. The zero-order valence-corrected chi connectivity index (χ0v) is 12.6. The van der Waals surface area contributed by atoms with Crippen LogP contribution in [0.3, 0.4) is 0 Å². The van der Waals surface area contributed by atoms with Crippen LogP contribution in [0.5, 0.6) is 0 Å². The van der Waals surface area contributed by atoms with Crippen LogP contribution in [0, 0.1) is 5.41 Å². The molecule has 1 aromatic heterocycles. The van der Waals surface area contributed by atoms with Crippen molar-refractivity contribution < 1.29 is 18.3 Å². The molecule has 0 saturated carbocycles. The molecule has 1 aromatic carbocycles. The van der Waals surface area contributed by atoms with Crippen molar-refractivity contribution in [2.24, 2.45) is 0 Å². The Morgan fingerprint density at radius 2 is 1.87 bits per heavy atom. The Morgan fingerprint density at radius 3 is 2.48 bits per heavy atom. The SMILES string of the molecule is CC(=N)c1ccccc1Nc1cncc(C(C)(O)C(F)(F)F)c1. The molecule has 3 N–H and O–H groups in total. The molecule has 0 amide bonds. The van der Waals surface area contributed by atoms with Gasteiger partial charge in [0, 0.05) is 28.7 Å². The summed E-state index contributed by atoms with van der Waals surface area (Å²) in [4.78, 5) is 3.76. The number of benzene rings is 1. The zero-order valence-electron chi connectivity index (χ0n) is 12.6. The summed E-state index contributed by atoms with van der Waals surface area (Å²) in [5.41, 5.74) is -1.54. The van der Waals surface area contributed by atoms with Crippen LogP contribution < -0.4 is 5.32 Å². The number of alkyl halides is 3. The van der Waals surface area contributed by atoms with Gasteiger partial charge >= 0.3 is 6.18 Å². The lowest BCUT2D eigenvalue weighted by Gasteiger charge is -2.26. The molecular formula is C16H16F3N3O. The highest BCUT2D eigenvalue weighted by atomic mass is 19.4. The van der Waals surface area contributed by atoms with Crippen molar-refractivity contribution in [2.75, 3.05) is 5.32 Å². The summed E-state index contributed by atoms with van der Waals surface area (Å²) >= 11 is 0. The molecule has 0 aliphatic carbocycles. The molecule has 0 radical (unpaired) electrons. The number of hydrogen-bond acceptors (Lipinski definition) is 4. The Balaban J connectivity index is 2.37. The maximum atomic E-state index is 12.9. The smallest absolute Gasteiger partial charge is 0.376 e. The van der Waals surface area contributed by atoms with E-state index in [-0.39, 0.29) is 5.56 Å². The summed E-state index contributed by atoms with van der Waals surface area (Å²) in [5, 5.41) is 20.4. The van der Waals surface area contributed by atoms with E-state index in [9.17, 15) is 18.3 Å². The molecule has 0 saturated heterocycles. The number of nitrogens with zero attached hydrogens (tertiary/aromatic N) is 1. The molecule has 4 nitrogen and oxygen atoms in total.